The van der Waals surface area contributed by atoms with Crippen LogP contribution in [0.15, 0.2) is 24.3 Å². The number of hydrogen-bond acceptors (Lipinski definition) is 3. The topological polar surface area (TPSA) is 49.9 Å². The molecule has 0 N–H and O–H groups in total. The molecule has 0 aliphatic rings. The molecule has 0 heterocycles. The van der Waals surface area contributed by atoms with Gasteiger partial charge < -0.3 is 14.5 Å². The molecule has 146 valence electrons. The van der Waals surface area contributed by atoms with Crippen molar-refractivity contribution in [3.05, 3.63) is 29.8 Å². The van der Waals surface area contributed by atoms with Gasteiger partial charge in [-0.05, 0) is 38.3 Å². The van der Waals surface area contributed by atoms with Gasteiger partial charge in [-0.15, -0.1) is 0 Å². The quantitative estimate of drug-likeness (QED) is 0.570. The maximum absolute atomic E-state index is 12.2. The van der Waals surface area contributed by atoms with Gasteiger partial charge in [0.15, 0.2) is 0 Å². The minimum atomic E-state index is 0.0582. The summed E-state index contributed by atoms with van der Waals surface area (Å²) < 4.78 is 5.66. The molecule has 5 nitrogen and oxygen atoms in total. The fourth-order valence-corrected chi connectivity index (χ4v) is 2.70. The fraction of sp³-hybridized carbons (Fsp3) is 0.619. The fourth-order valence-electron chi connectivity index (χ4n) is 2.70. The molecule has 0 saturated heterocycles. The third-order valence-corrected chi connectivity index (χ3v) is 4.26. The van der Waals surface area contributed by atoms with E-state index >= 15 is 0 Å². The van der Waals surface area contributed by atoms with E-state index in [2.05, 4.69) is 13.8 Å². The molecule has 26 heavy (non-hydrogen) atoms. The Morgan fingerprint density at radius 1 is 0.923 bits per heavy atom. The minimum Gasteiger partial charge on any atom is -0.492 e. The van der Waals surface area contributed by atoms with Crippen LogP contribution in [-0.2, 0) is 9.59 Å². The predicted octanol–water partition coefficient (Wildman–Crippen LogP) is 3.65. The molecule has 2 amide bonds. The Morgan fingerprint density at radius 3 is 2.08 bits per heavy atom. The van der Waals surface area contributed by atoms with E-state index in [0.29, 0.717) is 32.4 Å². The first-order valence-corrected chi connectivity index (χ1v) is 9.69. The lowest BCUT2D eigenvalue weighted by atomic mass is 10.2. The second-order valence-electron chi connectivity index (χ2n) is 6.71. The van der Waals surface area contributed by atoms with Crippen LogP contribution in [0.25, 0.3) is 0 Å². The first kappa shape index (κ1) is 22.0. The molecule has 1 aromatic carbocycles. The van der Waals surface area contributed by atoms with Gasteiger partial charge >= 0.3 is 0 Å². The molecule has 0 fully saturated rings. The van der Waals surface area contributed by atoms with Crippen molar-refractivity contribution in [2.45, 2.75) is 52.9 Å². The van der Waals surface area contributed by atoms with Crippen molar-refractivity contribution < 1.29 is 14.3 Å². The number of rotatable bonds is 12. The number of hydrogen-bond donors (Lipinski definition) is 0. The Kier molecular flexibility index (Phi) is 10.4. The SMILES string of the molecule is CCCN(CCC)C(=O)CCCC(=O)N(C)CCOc1ccc(C)cc1. The van der Waals surface area contributed by atoms with E-state index in [4.69, 9.17) is 4.74 Å². The highest BCUT2D eigenvalue weighted by Crippen LogP contribution is 2.11. The van der Waals surface area contributed by atoms with E-state index in [-0.39, 0.29) is 11.8 Å². The molecule has 0 saturated carbocycles. The number of nitrogens with zero attached hydrogens (tertiary/aromatic N) is 2. The predicted molar refractivity (Wildman–Crippen MR) is 105 cm³/mol. The molecule has 0 unspecified atom stereocenters. The summed E-state index contributed by atoms with van der Waals surface area (Å²) in [6.45, 7) is 8.79. The number of aryl methyl sites for hydroxylation is 1. The summed E-state index contributed by atoms with van der Waals surface area (Å²) in [4.78, 5) is 28.0. The highest BCUT2D eigenvalue weighted by atomic mass is 16.5. The van der Waals surface area contributed by atoms with Crippen LogP contribution in [0.3, 0.4) is 0 Å². The van der Waals surface area contributed by atoms with Crippen molar-refractivity contribution in [1.82, 2.24) is 9.80 Å². The van der Waals surface area contributed by atoms with Crippen LogP contribution in [0.1, 0.15) is 51.5 Å². The van der Waals surface area contributed by atoms with E-state index in [1.807, 2.05) is 36.1 Å². The van der Waals surface area contributed by atoms with E-state index in [9.17, 15) is 9.59 Å². The first-order valence-electron chi connectivity index (χ1n) is 9.69. The number of carbonyl (C=O) groups excluding carboxylic acids is 2. The van der Waals surface area contributed by atoms with Gasteiger partial charge in [0.05, 0.1) is 6.54 Å². The van der Waals surface area contributed by atoms with Gasteiger partial charge in [0.2, 0.25) is 11.8 Å². The zero-order chi connectivity index (χ0) is 19.4. The van der Waals surface area contributed by atoms with E-state index in [1.165, 1.54) is 5.56 Å². The van der Waals surface area contributed by atoms with Crippen molar-refractivity contribution in [3.63, 3.8) is 0 Å². The number of benzene rings is 1. The molecule has 0 radical (unpaired) electrons. The molecule has 0 aromatic heterocycles. The summed E-state index contributed by atoms with van der Waals surface area (Å²) >= 11 is 0. The van der Waals surface area contributed by atoms with Gasteiger partial charge in [-0.3, -0.25) is 9.59 Å². The molecule has 0 aliphatic heterocycles. The summed E-state index contributed by atoms with van der Waals surface area (Å²) in [5.41, 5.74) is 1.19. The molecule has 0 spiro atoms. The van der Waals surface area contributed by atoms with E-state index < -0.39 is 0 Å². The van der Waals surface area contributed by atoms with Crippen LogP contribution in [-0.4, -0.2) is 54.9 Å². The zero-order valence-electron chi connectivity index (χ0n) is 16.8. The number of ether oxygens (including phenoxy) is 1. The standard InChI is InChI=1S/C21H34N2O3/c1-5-14-23(15-6-2)21(25)9-7-8-20(24)22(4)16-17-26-19-12-10-18(3)11-13-19/h10-13H,5-9,14-17H2,1-4H3. The van der Waals surface area contributed by atoms with Crippen molar-refractivity contribution in [2.24, 2.45) is 0 Å². The normalized spacial score (nSPS) is 10.5. The van der Waals surface area contributed by atoms with Crippen LogP contribution >= 0.6 is 0 Å². The Balaban J connectivity index is 2.24. The first-order chi connectivity index (χ1) is 12.5. The molecule has 0 atom stereocenters. The summed E-state index contributed by atoms with van der Waals surface area (Å²) in [7, 11) is 1.78. The van der Waals surface area contributed by atoms with Gasteiger partial charge in [0.1, 0.15) is 12.4 Å². The van der Waals surface area contributed by atoms with Crippen molar-refractivity contribution in [2.75, 3.05) is 33.3 Å². The molecule has 0 aliphatic carbocycles. The number of amides is 2. The van der Waals surface area contributed by atoms with E-state index in [1.54, 1.807) is 11.9 Å². The zero-order valence-corrected chi connectivity index (χ0v) is 16.8. The maximum Gasteiger partial charge on any atom is 0.222 e. The molecule has 1 rings (SSSR count). The van der Waals surface area contributed by atoms with Crippen LogP contribution in [0, 0.1) is 6.92 Å². The Labute approximate surface area is 158 Å². The lowest BCUT2D eigenvalue weighted by Gasteiger charge is -2.22. The smallest absolute Gasteiger partial charge is 0.222 e. The lowest BCUT2D eigenvalue weighted by molar-refractivity contribution is -0.132. The molecular weight excluding hydrogens is 328 g/mol. The van der Waals surface area contributed by atoms with Crippen LogP contribution in [0.5, 0.6) is 5.75 Å². The van der Waals surface area contributed by atoms with Gasteiger partial charge in [0.25, 0.3) is 0 Å². The maximum atomic E-state index is 12.2. The van der Waals surface area contributed by atoms with Crippen molar-refractivity contribution >= 4 is 11.8 Å². The minimum absolute atomic E-state index is 0.0582. The monoisotopic (exact) mass is 362 g/mol. The summed E-state index contributed by atoms with van der Waals surface area (Å²) in [5, 5.41) is 0. The average Bonchev–Trinajstić information content (AvgIpc) is 2.62. The molecule has 1 aromatic rings. The van der Waals surface area contributed by atoms with Gasteiger partial charge in [0, 0.05) is 33.0 Å². The Hall–Kier alpha value is -2.04. The molecule has 0 bridgehead atoms. The summed E-state index contributed by atoms with van der Waals surface area (Å²) in [6.07, 6.45) is 3.38. The average molecular weight is 363 g/mol. The van der Waals surface area contributed by atoms with Crippen molar-refractivity contribution in [1.29, 1.82) is 0 Å². The van der Waals surface area contributed by atoms with Crippen molar-refractivity contribution in [3.8, 4) is 5.75 Å². The number of carbonyl (C=O) groups is 2. The van der Waals surface area contributed by atoms with Crippen LogP contribution in [0.2, 0.25) is 0 Å². The highest BCUT2D eigenvalue weighted by Gasteiger charge is 2.14. The second-order valence-corrected chi connectivity index (χ2v) is 6.71. The third-order valence-electron chi connectivity index (χ3n) is 4.26. The molecular formula is C21H34N2O3. The Morgan fingerprint density at radius 2 is 1.50 bits per heavy atom. The van der Waals surface area contributed by atoms with Crippen LogP contribution in [0.4, 0.5) is 0 Å². The summed E-state index contributed by atoms with van der Waals surface area (Å²) in [5.74, 6) is 1.03. The Bertz CT molecular complexity index is 537. The van der Waals surface area contributed by atoms with E-state index in [0.717, 1.165) is 31.7 Å². The largest absolute Gasteiger partial charge is 0.492 e. The van der Waals surface area contributed by atoms with Gasteiger partial charge in [-0.25, -0.2) is 0 Å². The lowest BCUT2D eigenvalue weighted by Crippen LogP contribution is -2.33. The van der Waals surface area contributed by atoms with Gasteiger partial charge in [-0.2, -0.15) is 0 Å². The molecule has 5 heteroatoms. The summed E-state index contributed by atoms with van der Waals surface area (Å²) in [6, 6.07) is 7.87. The van der Waals surface area contributed by atoms with Gasteiger partial charge in [-0.1, -0.05) is 31.5 Å². The third kappa shape index (κ3) is 8.37. The second kappa shape index (κ2) is 12.3. The van der Waals surface area contributed by atoms with Crippen LogP contribution < -0.4 is 4.74 Å². The highest BCUT2D eigenvalue weighted by molar-refractivity contribution is 5.78. The number of likely N-dealkylation sites (N-methyl/N-ethyl adjacent to an activating group) is 1.